The van der Waals surface area contributed by atoms with Crippen LogP contribution in [0.3, 0.4) is 0 Å². The number of carbonyl (C=O) groups excluding carboxylic acids is 1. The molecule has 0 spiro atoms. The van der Waals surface area contributed by atoms with Crippen LogP contribution in [0.25, 0.3) is 11.4 Å². The van der Waals surface area contributed by atoms with Crippen molar-refractivity contribution in [2.45, 2.75) is 32.2 Å². The van der Waals surface area contributed by atoms with Gasteiger partial charge in [0, 0.05) is 34.7 Å². The Morgan fingerprint density at radius 1 is 1.08 bits per heavy atom. The average molecular weight is 366 g/mol. The van der Waals surface area contributed by atoms with Gasteiger partial charge in [0.2, 0.25) is 5.91 Å². The van der Waals surface area contributed by atoms with Gasteiger partial charge in [0.05, 0.1) is 6.42 Å². The first-order chi connectivity index (χ1) is 12.7. The van der Waals surface area contributed by atoms with E-state index in [0.29, 0.717) is 11.4 Å². The molecule has 132 valence electrons. The van der Waals surface area contributed by atoms with Crippen molar-refractivity contribution in [1.82, 2.24) is 9.55 Å². The van der Waals surface area contributed by atoms with Crippen LogP contribution >= 0.6 is 11.6 Å². The van der Waals surface area contributed by atoms with Gasteiger partial charge in [0.25, 0.3) is 0 Å². The highest BCUT2D eigenvalue weighted by molar-refractivity contribution is 6.30. The van der Waals surface area contributed by atoms with Gasteiger partial charge in [-0.2, -0.15) is 0 Å². The maximum atomic E-state index is 12.2. The smallest absolute Gasteiger partial charge is 0.228 e. The first-order valence-electron chi connectivity index (χ1n) is 8.88. The molecule has 0 atom stereocenters. The SMILES string of the molecule is O=C(Cc1ccc(Cl)cc1)Nc1ccc(-c2ncc3n2CCCC3)cc1. The van der Waals surface area contributed by atoms with E-state index in [0.717, 1.165) is 35.6 Å². The minimum atomic E-state index is -0.0433. The van der Waals surface area contributed by atoms with Crippen molar-refractivity contribution < 1.29 is 4.79 Å². The first-order valence-corrected chi connectivity index (χ1v) is 9.26. The van der Waals surface area contributed by atoms with Crippen LogP contribution in [-0.4, -0.2) is 15.5 Å². The molecular weight excluding hydrogens is 346 g/mol. The Kier molecular flexibility index (Phi) is 4.76. The van der Waals surface area contributed by atoms with Gasteiger partial charge in [0.1, 0.15) is 5.82 Å². The Balaban J connectivity index is 1.43. The number of hydrogen-bond acceptors (Lipinski definition) is 2. The predicted octanol–water partition coefficient (Wildman–Crippen LogP) is 4.72. The zero-order chi connectivity index (χ0) is 17.9. The zero-order valence-electron chi connectivity index (χ0n) is 14.4. The van der Waals surface area contributed by atoms with Gasteiger partial charge in [-0.3, -0.25) is 4.79 Å². The Morgan fingerprint density at radius 3 is 2.62 bits per heavy atom. The molecule has 26 heavy (non-hydrogen) atoms. The largest absolute Gasteiger partial charge is 0.328 e. The molecule has 4 nitrogen and oxygen atoms in total. The number of rotatable bonds is 4. The van der Waals surface area contributed by atoms with Crippen LogP contribution in [0, 0.1) is 0 Å². The molecule has 1 aromatic heterocycles. The van der Waals surface area contributed by atoms with E-state index < -0.39 is 0 Å². The summed E-state index contributed by atoms with van der Waals surface area (Å²) < 4.78 is 2.30. The topological polar surface area (TPSA) is 46.9 Å². The molecule has 0 unspecified atom stereocenters. The van der Waals surface area contributed by atoms with Crippen molar-refractivity contribution in [3.8, 4) is 11.4 Å². The summed E-state index contributed by atoms with van der Waals surface area (Å²) >= 11 is 5.87. The molecule has 1 amide bonds. The molecule has 0 saturated heterocycles. The summed E-state index contributed by atoms with van der Waals surface area (Å²) in [6.45, 7) is 1.03. The molecular formula is C21H20ClN3O. The van der Waals surface area contributed by atoms with Crippen LogP contribution in [0.1, 0.15) is 24.1 Å². The highest BCUT2D eigenvalue weighted by Gasteiger charge is 2.15. The Bertz CT molecular complexity index is 913. The van der Waals surface area contributed by atoms with E-state index in [2.05, 4.69) is 14.9 Å². The normalized spacial score (nSPS) is 13.3. The van der Waals surface area contributed by atoms with E-state index in [-0.39, 0.29) is 5.91 Å². The lowest BCUT2D eigenvalue weighted by molar-refractivity contribution is -0.115. The van der Waals surface area contributed by atoms with Gasteiger partial charge in [-0.1, -0.05) is 23.7 Å². The van der Waals surface area contributed by atoms with Gasteiger partial charge < -0.3 is 9.88 Å². The third-order valence-corrected chi connectivity index (χ3v) is 4.96. The number of halogens is 1. The van der Waals surface area contributed by atoms with Gasteiger partial charge in [0.15, 0.2) is 0 Å². The molecule has 0 radical (unpaired) electrons. The summed E-state index contributed by atoms with van der Waals surface area (Å²) in [6.07, 6.45) is 5.85. The van der Waals surface area contributed by atoms with Crippen LogP contribution in [0.4, 0.5) is 5.69 Å². The number of aryl methyl sites for hydroxylation is 1. The lowest BCUT2D eigenvalue weighted by Crippen LogP contribution is -2.14. The van der Waals surface area contributed by atoms with E-state index in [1.165, 1.54) is 18.5 Å². The van der Waals surface area contributed by atoms with Crippen molar-refractivity contribution in [1.29, 1.82) is 0 Å². The molecule has 4 rings (SSSR count). The number of hydrogen-bond donors (Lipinski definition) is 1. The number of nitrogens with one attached hydrogen (secondary N) is 1. The number of aromatic nitrogens is 2. The van der Waals surface area contributed by atoms with Gasteiger partial charge >= 0.3 is 0 Å². The number of imidazole rings is 1. The standard InChI is InChI=1S/C21H20ClN3O/c22-17-8-4-15(5-9-17)13-20(26)24-18-10-6-16(7-11-18)21-23-14-19-3-1-2-12-25(19)21/h4-11,14H,1-3,12-13H2,(H,24,26). The summed E-state index contributed by atoms with van der Waals surface area (Å²) in [4.78, 5) is 16.8. The minimum Gasteiger partial charge on any atom is -0.328 e. The van der Waals surface area contributed by atoms with Crippen LogP contribution in [0.2, 0.25) is 5.02 Å². The summed E-state index contributed by atoms with van der Waals surface area (Å²) in [6, 6.07) is 15.2. The summed E-state index contributed by atoms with van der Waals surface area (Å²) in [5.74, 6) is 0.969. The Labute approximate surface area is 157 Å². The fourth-order valence-corrected chi connectivity index (χ4v) is 3.49. The van der Waals surface area contributed by atoms with E-state index in [4.69, 9.17) is 11.6 Å². The monoisotopic (exact) mass is 365 g/mol. The number of anilines is 1. The van der Waals surface area contributed by atoms with Gasteiger partial charge in [-0.05, 0) is 61.2 Å². The highest BCUT2D eigenvalue weighted by Crippen LogP contribution is 2.25. The number of nitrogens with zero attached hydrogens (tertiary/aromatic N) is 2. The van der Waals surface area contributed by atoms with Crippen molar-refractivity contribution >= 4 is 23.2 Å². The molecule has 1 aliphatic rings. The van der Waals surface area contributed by atoms with E-state index in [1.807, 2.05) is 42.6 Å². The number of carbonyl (C=O) groups is 1. The first kappa shape index (κ1) is 16.9. The predicted molar refractivity (Wildman–Crippen MR) is 104 cm³/mol. The third kappa shape index (κ3) is 3.65. The Morgan fingerprint density at radius 2 is 1.85 bits per heavy atom. The molecule has 5 heteroatoms. The number of amides is 1. The maximum Gasteiger partial charge on any atom is 0.228 e. The quantitative estimate of drug-likeness (QED) is 0.727. The number of benzene rings is 2. The van der Waals surface area contributed by atoms with Crippen molar-refractivity contribution in [2.75, 3.05) is 5.32 Å². The molecule has 1 N–H and O–H groups in total. The summed E-state index contributed by atoms with van der Waals surface area (Å²) in [5, 5.41) is 3.61. The maximum absolute atomic E-state index is 12.2. The second kappa shape index (κ2) is 7.34. The van der Waals surface area contributed by atoms with Crippen LogP contribution in [0.15, 0.2) is 54.7 Å². The third-order valence-electron chi connectivity index (χ3n) is 4.71. The van der Waals surface area contributed by atoms with Crippen molar-refractivity contribution in [3.63, 3.8) is 0 Å². The van der Waals surface area contributed by atoms with Crippen molar-refractivity contribution in [2.24, 2.45) is 0 Å². The highest BCUT2D eigenvalue weighted by atomic mass is 35.5. The second-order valence-corrected chi connectivity index (χ2v) is 7.05. The van der Waals surface area contributed by atoms with Crippen molar-refractivity contribution in [3.05, 3.63) is 71.0 Å². The van der Waals surface area contributed by atoms with E-state index >= 15 is 0 Å². The molecule has 3 aromatic rings. The van der Waals surface area contributed by atoms with Crippen LogP contribution in [0.5, 0.6) is 0 Å². The number of fused-ring (bicyclic) bond motifs is 1. The zero-order valence-corrected chi connectivity index (χ0v) is 15.2. The summed E-state index contributed by atoms with van der Waals surface area (Å²) in [7, 11) is 0. The molecule has 0 fully saturated rings. The fraction of sp³-hybridized carbons (Fsp3) is 0.238. The Hall–Kier alpha value is -2.59. The molecule has 2 aromatic carbocycles. The molecule has 1 aliphatic heterocycles. The molecule has 0 aliphatic carbocycles. The lowest BCUT2D eigenvalue weighted by atomic mass is 10.1. The second-order valence-electron chi connectivity index (χ2n) is 6.61. The fourth-order valence-electron chi connectivity index (χ4n) is 3.36. The van der Waals surface area contributed by atoms with Crippen LogP contribution in [-0.2, 0) is 24.2 Å². The average Bonchev–Trinajstić information content (AvgIpc) is 3.08. The van der Waals surface area contributed by atoms with E-state index in [9.17, 15) is 4.79 Å². The molecule has 0 bridgehead atoms. The van der Waals surface area contributed by atoms with Crippen LogP contribution < -0.4 is 5.32 Å². The minimum absolute atomic E-state index is 0.0433. The summed E-state index contributed by atoms with van der Waals surface area (Å²) in [5.41, 5.74) is 4.12. The molecule has 0 saturated carbocycles. The molecule has 2 heterocycles. The van der Waals surface area contributed by atoms with Gasteiger partial charge in [-0.15, -0.1) is 0 Å². The lowest BCUT2D eigenvalue weighted by Gasteiger charge is -2.16. The van der Waals surface area contributed by atoms with Gasteiger partial charge in [-0.25, -0.2) is 4.98 Å². The van der Waals surface area contributed by atoms with E-state index in [1.54, 1.807) is 12.1 Å².